The smallest absolute Gasteiger partial charge is 0.416 e. The summed E-state index contributed by atoms with van der Waals surface area (Å²) in [5, 5.41) is 3.72. The van der Waals surface area contributed by atoms with E-state index in [9.17, 15) is 26.4 Å². The third kappa shape index (κ3) is 6.49. The predicted octanol–water partition coefficient (Wildman–Crippen LogP) is 2.63. The van der Waals surface area contributed by atoms with E-state index in [-0.39, 0.29) is 5.69 Å². The van der Waals surface area contributed by atoms with E-state index >= 15 is 0 Å². The summed E-state index contributed by atoms with van der Waals surface area (Å²) in [6.07, 6.45) is -2.53. The number of carbonyl (C=O) groups is 1. The number of hydrazone groups is 1. The maximum Gasteiger partial charge on any atom is 0.416 e. The van der Waals surface area contributed by atoms with Gasteiger partial charge in [0.2, 0.25) is 10.0 Å². The highest BCUT2D eigenvalue weighted by atomic mass is 32.2. The Balaban J connectivity index is 2.12. The van der Waals surface area contributed by atoms with Crippen LogP contribution in [-0.2, 0) is 21.0 Å². The number of carbonyl (C=O) groups excluding carboxylic acids is 1. The van der Waals surface area contributed by atoms with Crippen LogP contribution in [-0.4, -0.2) is 40.4 Å². The molecule has 0 fully saturated rings. The predicted molar refractivity (Wildman–Crippen MR) is 102 cm³/mol. The van der Waals surface area contributed by atoms with Crippen molar-refractivity contribution in [2.75, 3.05) is 24.2 Å². The Morgan fingerprint density at radius 2 is 1.86 bits per heavy atom. The van der Waals surface area contributed by atoms with Crippen molar-refractivity contribution in [3.05, 3.63) is 59.7 Å². The molecule has 0 heterocycles. The second-order valence-corrected chi connectivity index (χ2v) is 7.79. The van der Waals surface area contributed by atoms with Crippen LogP contribution in [0.4, 0.5) is 18.9 Å². The number of nitrogens with one attached hydrogen (secondary N) is 1. The van der Waals surface area contributed by atoms with Gasteiger partial charge in [-0.15, -0.1) is 0 Å². The highest BCUT2D eigenvalue weighted by molar-refractivity contribution is 7.92. The van der Waals surface area contributed by atoms with Gasteiger partial charge < -0.3 is 4.74 Å². The maximum absolute atomic E-state index is 12.9. The van der Waals surface area contributed by atoms with Crippen LogP contribution in [0.1, 0.15) is 11.1 Å². The Kier molecular flexibility index (Phi) is 6.85. The quantitative estimate of drug-likeness (QED) is 0.541. The van der Waals surface area contributed by atoms with Gasteiger partial charge in [0.05, 0.1) is 30.8 Å². The largest absolute Gasteiger partial charge is 0.497 e. The minimum Gasteiger partial charge on any atom is -0.497 e. The highest BCUT2D eigenvalue weighted by Gasteiger charge is 2.31. The number of sulfonamides is 1. The Morgan fingerprint density at radius 1 is 1.21 bits per heavy atom. The molecule has 0 saturated carbocycles. The van der Waals surface area contributed by atoms with E-state index in [1.165, 1.54) is 19.4 Å². The molecule has 0 aliphatic heterocycles. The molecule has 2 rings (SSSR count). The second kappa shape index (κ2) is 8.95. The van der Waals surface area contributed by atoms with Crippen molar-refractivity contribution in [2.24, 2.45) is 5.10 Å². The molecule has 1 amide bonds. The molecule has 156 valence electrons. The van der Waals surface area contributed by atoms with Gasteiger partial charge in [0.15, 0.2) is 0 Å². The number of hydrogen-bond donors (Lipinski definition) is 1. The fourth-order valence-electron chi connectivity index (χ4n) is 2.27. The van der Waals surface area contributed by atoms with Crippen molar-refractivity contribution in [3.63, 3.8) is 0 Å². The lowest BCUT2D eigenvalue weighted by Gasteiger charge is -2.22. The number of nitrogens with zero attached hydrogens (tertiary/aromatic N) is 2. The van der Waals surface area contributed by atoms with E-state index in [4.69, 9.17) is 4.74 Å². The van der Waals surface area contributed by atoms with Crippen LogP contribution in [0.3, 0.4) is 0 Å². The lowest BCUT2D eigenvalue weighted by atomic mass is 10.2. The third-order valence-electron chi connectivity index (χ3n) is 3.67. The standard InChI is InChI=1S/C18H18F3N3O4S/c1-28-16-8-6-13(7-9-16)11-22-23-17(25)12-24(29(2,26)27)15-5-3-4-14(10-15)18(19,20)21/h3-11H,12H2,1-2H3,(H,23,25)/b22-11-. The van der Waals surface area contributed by atoms with Gasteiger partial charge in [-0.1, -0.05) is 6.07 Å². The fourth-order valence-corrected chi connectivity index (χ4v) is 3.12. The average Bonchev–Trinajstić information content (AvgIpc) is 2.65. The van der Waals surface area contributed by atoms with Crippen LogP contribution in [0.15, 0.2) is 53.6 Å². The third-order valence-corrected chi connectivity index (χ3v) is 4.81. The van der Waals surface area contributed by atoms with Gasteiger partial charge in [-0.05, 0) is 48.0 Å². The van der Waals surface area contributed by atoms with Crippen molar-refractivity contribution in [3.8, 4) is 5.75 Å². The van der Waals surface area contributed by atoms with Crippen LogP contribution in [0.2, 0.25) is 0 Å². The first-order chi connectivity index (χ1) is 13.5. The Labute approximate surface area is 165 Å². The van der Waals surface area contributed by atoms with Gasteiger partial charge in [-0.3, -0.25) is 9.10 Å². The number of ether oxygens (including phenoxy) is 1. The van der Waals surface area contributed by atoms with Crippen molar-refractivity contribution in [2.45, 2.75) is 6.18 Å². The molecular formula is C18H18F3N3O4S. The molecule has 2 aromatic rings. The molecule has 11 heteroatoms. The van der Waals surface area contributed by atoms with Crippen LogP contribution in [0.5, 0.6) is 5.75 Å². The number of anilines is 1. The van der Waals surface area contributed by atoms with E-state index < -0.39 is 34.2 Å². The molecule has 0 unspecified atom stereocenters. The van der Waals surface area contributed by atoms with Gasteiger partial charge in [0, 0.05) is 0 Å². The van der Waals surface area contributed by atoms with E-state index in [0.29, 0.717) is 21.7 Å². The number of hydrogen-bond acceptors (Lipinski definition) is 5. The average molecular weight is 429 g/mol. The molecule has 0 aliphatic carbocycles. The normalized spacial score (nSPS) is 12.0. The molecule has 29 heavy (non-hydrogen) atoms. The number of amides is 1. The van der Waals surface area contributed by atoms with Crippen LogP contribution >= 0.6 is 0 Å². The number of halogens is 3. The molecule has 7 nitrogen and oxygen atoms in total. The molecule has 0 atom stereocenters. The van der Waals surface area contributed by atoms with Gasteiger partial charge in [-0.2, -0.15) is 18.3 Å². The first-order valence-corrected chi connectivity index (χ1v) is 9.96. The number of methoxy groups -OCH3 is 1. The Hall–Kier alpha value is -3.08. The van der Waals surface area contributed by atoms with Crippen molar-refractivity contribution < 1.29 is 31.1 Å². The minimum absolute atomic E-state index is 0.281. The summed E-state index contributed by atoms with van der Waals surface area (Å²) in [6.45, 7) is -0.736. The lowest BCUT2D eigenvalue weighted by molar-refractivity contribution is -0.137. The maximum atomic E-state index is 12.9. The number of alkyl halides is 3. The summed E-state index contributed by atoms with van der Waals surface area (Å²) < 4.78 is 68.3. The summed E-state index contributed by atoms with van der Waals surface area (Å²) in [6, 6.07) is 10.4. The molecule has 0 spiro atoms. The molecule has 0 aromatic heterocycles. The number of benzene rings is 2. The minimum atomic E-state index is -4.65. The van der Waals surface area contributed by atoms with Crippen molar-refractivity contribution in [1.82, 2.24) is 5.43 Å². The monoisotopic (exact) mass is 429 g/mol. The molecule has 0 saturated heterocycles. The zero-order valence-corrected chi connectivity index (χ0v) is 16.3. The van der Waals surface area contributed by atoms with Crippen LogP contribution < -0.4 is 14.5 Å². The van der Waals surface area contributed by atoms with Gasteiger partial charge in [0.25, 0.3) is 5.91 Å². The summed E-state index contributed by atoms with van der Waals surface area (Å²) in [4.78, 5) is 12.1. The van der Waals surface area contributed by atoms with Gasteiger partial charge in [0.1, 0.15) is 12.3 Å². The van der Waals surface area contributed by atoms with Gasteiger partial charge >= 0.3 is 6.18 Å². The van der Waals surface area contributed by atoms with Crippen molar-refractivity contribution in [1.29, 1.82) is 0 Å². The molecule has 0 bridgehead atoms. The zero-order chi connectivity index (χ0) is 21.7. The lowest BCUT2D eigenvalue weighted by Crippen LogP contribution is -2.39. The van der Waals surface area contributed by atoms with E-state index in [1.807, 2.05) is 0 Å². The number of rotatable bonds is 7. The molecular weight excluding hydrogens is 411 g/mol. The van der Waals surface area contributed by atoms with E-state index in [1.54, 1.807) is 24.3 Å². The molecule has 0 aliphatic rings. The fraction of sp³-hybridized carbons (Fsp3) is 0.222. The molecule has 0 radical (unpaired) electrons. The van der Waals surface area contributed by atoms with E-state index in [0.717, 1.165) is 18.4 Å². The summed E-state index contributed by atoms with van der Waals surface area (Å²) >= 11 is 0. The van der Waals surface area contributed by atoms with Gasteiger partial charge in [-0.25, -0.2) is 13.8 Å². The summed E-state index contributed by atoms with van der Waals surface area (Å²) in [7, 11) is -2.51. The first-order valence-electron chi connectivity index (χ1n) is 8.11. The molecule has 2 aromatic carbocycles. The highest BCUT2D eigenvalue weighted by Crippen LogP contribution is 2.32. The SMILES string of the molecule is COc1ccc(/C=N\NC(=O)CN(c2cccc(C(F)(F)F)c2)S(C)(=O)=O)cc1. The topological polar surface area (TPSA) is 88.1 Å². The summed E-state index contributed by atoms with van der Waals surface area (Å²) in [5.41, 5.74) is 1.48. The Morgan fingerprint density at radius 3 is 2.41 bits per heavy atom. The Bertz CT molecular complexity index is 990. The second-order valence-electron chi connectivity index (χ2n) is 5.88. The zero-order valence-electron chi connectivity index (χ0n) is 15.5. The van der Waals surface area contributed by atoms with E-state index in [2.05, 4.69) is 10.5 Å². The first kappa shape index (κ1) is 22.2. The molecule has 1 N–H and O–H groups in total. The summed E-state index contributed by atoms with van der Waals surface area (Å²) in [5.74, 6) is -0.186. The van der Waals surface area contributed by atoms with Crippen LogP contribution in [0, 0.1) is 0 Å². The van der Waals surface area contributed by atoms with Crippen LogP contribution in [0.25, 0.3) is 0 Å². The van der Waals surface area contributed by atoms with Crippen molar-refractivity contribution >= 4 is 27.8 Å².